The number of ether oxygens (including phenoxy) is 2. The number of methoxy groups -OCH3 is 2. The third-order valence-electron chi connectivity index (χ3n) is 5.69. The lowest BCUT2D eigenvalue weighted by Crippen LogP contribution is -2.13. The molecular weight excluding hydrogens is 504 g/mol. The summed E-state index contributed by atoms with van der Waals surface area (Å²) >= 11 is 0. The van der Waals surface area contributed by atoms with Crippen molar-refractivity contribution in [3.05, 3.63) is 84.8 Å². The Kier molecular flexibility index (Phi) is 6.22. The predicted molar refractivity (Wildman–Crippen MR) is 133 cm³/mol. The van der Waals surface area contributed by atoms with E-state index in [0.717, 1.165) is 0 Å². The Labute approximate surface area is 210 Å². The van der Waals surface area contributed by atoms with E-state index in [1.807, 2.05) is 0 Å². The molecule has 3 aromatic carbocycles. The summed E-state index contributed by atoms with van der Waals surface area (Å²) in [6, 6.07) is 14.1. The Morgan fingerprint density at radius 1 is 0.919 bits per heavy atom. The lowest BCUT2D eigenvalue weighted by Gasteiger charge is -2.14. The maximum atomic E-state index is 15.4. The topological polar surface area (TPSA) is 104 Å². The van der Waals surface area contributed by atoms with Crippen molar-refractivity contribution in [2.24, 2.45) is 0 Å². The molecule has 0 spiro atoms. The molecule has 5 aromatic rings. The molecule has 0 unspecified atom stereocenters. The molecule has 0 aliphatic heterocycles. The summed E-state index contributed by atoms with van der Waals surface area (Å²) < 4.78 is 72.6. The van der Waals surface area contributed by atoms with Crippen molar-refractivity contribution in [2.45, 2.75) is 4.90 Å². The number of nitrogens with zero attached hydrogens (tertiary/aromatic N) is 2. The van der Waals surface area contributed by atoms with Gasteiger partial charge in [-0.3, -0.25) is 9.71 Å². The Bertz CT molecular complexity index is 1720. The summed E-state index contributed by atoms with van der Waals surface area (Å²) in [6.07, 6.45) is 2.74. The standard InChI is InChI=1S/C26H19F2N3O5S/c1-34-18-10-16(9-17(27)12-18)21-14-24(35-2)22(13-23(21)28)26-20-4-3-19(11-15(20)5-7-29-26)37(32,33)31-25-6-8-36-30-25/h3-14H,1-2H3,(H,30,31). The van der Waals surface area contributed by atoms with Gasteiger partial charge in [0.2, 0.25) is 0 Å². The highest BCUT2D eigenvalue weighted by Gasteiger charge is 2.20. The van der Waals surface area contributed by atoms with Crippen LogP contribution in [0.4, 0.5) is 14.6 Å². The summed E-state index contributed by atoms with van der Waals surface area (Å²) in [6.45, 7) is 0. The SMILES string of the molecule is COc1cc(F)cc(-c2cc(OC)c(-c3nccc4cc(S(=O)(=O)Nc5ccon5)ccc34)cc2F)c1. The van der Waals surface area contributed by atoms with Crippen LogP contribution in [-0.4, -0.2) is 32.8 Å². The van der Waals surface area contributed by atoms with Gasteiger partial charge in [-0.2, -0.15) is 0 Å². The smallest absolute Gasteiger partial charge is 0.263 e. The van der Waals surface area contributed by atoms with E-state index in [1.54, 1.807) is 12.1 Å². The number of fused-ring (bicyclic) bond motifs is 1. The molecule has 0 bridgehead atoms. The number of anilines is 1. The Morgan fingerprint density at radius 3 is 2.49 bits per heavy atom. The second-order valence-electron chi connectivity index (χ2n) is 7.94. The monoisotopic (exact) mass is 523 g/mol. The number of hydrogen-bond acceptors (Lipinski definition) is 7. The molecule has 8 nitrogen and oxygen atoms in total. The second-order valence-corrected chi connectivity index (χ2v) is 9.63. The number of sulfonamides is 1. The molecule has 11 heteroatoms. The number of benzene rings is 3. The minimum absolute atomic E-state index is 0.00584. The Hall–Kier alpha value is -4.51. The zero-order chi connectivity index (χ0) is 26.2. The fourth-order valence-electron chi connectivity index (χ4n) is 3.96. The highest BCUT2D eigenvalue weighted by atomic mass is 32.2. The highest BCUT2D eigenvalue weighted by Crippen LogP contribution is 2.39. The maximum Gasteiger partial charge on any atom is 0.263 e. The van der Waals surface area contributed by atoms with E-state index in [-0.39, 0.29) is 27.6 Å². The second kappa shape index (κ2) is 9.51. The average molecular weight is 524 g/mol. The van der Waals surface area contributed by atoms with Gasteiger partial charge in [0, 0.05) is 34.8 Å². The average Bonchev–Trinajstić information content (AvgIpc) is 3.39. The van der Waals surface area contributed by atoms with Crippen LogP contribution in [0.2, 0.25) is 0 Å². The van der Waals surface area contributed by atoms with Gasteiger partial charge < -0.3 is 14.0 Å². The van der Waals surface area contributed by atoms with Crippen molar-refractivity contribution in [3.63, 3.8) is 0 Å². The minimum Gasteiger partial charge on any atom is -0.497 e. The zero-order valence-electron chi connectivity index (χ0n) is 19.5. The van der Waals surface area contributed by atoms with Crippen molar-refractivity contribution < 1.29 is 31.2 Å². The number of pyridine rings is 1. The third kappa shape index (κ3) is 4.68. The summed E-state index contributed by atoms with van der Waals surface area (Å²) in [7, 11) is -1.11. The van der Waals surface area contributed by atoms with Crippen molar-refractivity contribution in [2.75, 3.05) is 18.9 Å². The van der Waals surface area contributed by atoms with E-state index < -0.39 is 21.7 Å². The van der Waals surface area contributed by atoms with Gasteiger partial charge in [-0.15, -0.1) is 0 Å². The van der Waals surface area contributed by atoms with Gasteiger partial charge in [0.15, 0.2) is 5.82 Å². The Balaban J connectivity index is 1.60. The highest BCUT2D eigenvalue weighted by molar-refractivity contribution is 7.92. The van der Waals surface area contributed by atoms with Crippen LogP contribution in [0.5, 0.6) is 11.5 Å². The van der Waals surface area contributed by atoms with E-state index in [1.165, 1.54) is 75.2 Å². The van der Waals surface area contributed by atoms with Crippen molar-refractivity contribution in [1.82, 2.24) is 10.1 Å². The number of hydrogen-bond donors (Lipinski definition) is 1. The lowest BCUT2D eigenvalue weighted by atomic mass is 9.98. The van der Waals surface area contributed by atoms with Gasteiger partial charge in [0.05, 0.1) is 24.8 Å². The van der Waals surface area contributed by atoms with Crippen molar-refractivity contribution in [3.8, 4) is 33.9 Å². The molecule has 0 amide bonds. The molecule has 2 aromatic heterocycles. The van der Waals surface area contributed by atoms with E-state index in [4.69, 9.17) is 9.47 Å². The van der Waals surface area contributed by atoms with Gasteiger partial charge in [-0.1, -0.05) is 11.2 Å². The molecule has 37 heavy (non-hydrogen) atoms. The van der Waals surface area contributed by atoms with Crippen LogP contribution < -0.4 is 14.2 Å². The van der Waals surface area contributed by atoms with Crippen LogP contribution in [-0.2, 0) is 10.0 Å². The first-order chi connectivity index (χ1) is 17.8. The first-order valence-electron chi connectivity index (χ1n) is 10.8. The van der Waals surface area contributed by atoms with E-state index in [2.05, 4.69) is 19.4 Å². The van der Waals surface area contributed by atoms with Gasteiger partial charge in [0.25, 0.3) is 10.0 Å². The van der Waals surface area contributed by atoms with E-state index in [9.17, 15) is 12.8 Å². The Morgan fingerprint density at radius 2 is 1.76 bits per heavy atom. The molecule has 5 rings (SSSR count). The quantitative estimate of drug-likeness (QED) is 0.294. The van der Waals surface area contributed by atoms with Crippen molar-refractivity contribution in [1.29, 1.82) is 0 Å². The molecule has 0 aliphatic carbocycles. The molecule has 0 saturated carbocycles. The molecule has 0 fully saturated rings. The predicted octanol–water partition coefficient (Wildman–Crippen LogP) is 5.65. The van der Waals surface area contributed by atoms with Crippen LogP contribution in [0.15, 0.2) is 82.5 Å². The number of nitrogens with one attached hydrogen (secondary N) is 1. The minimum atomic E-state index is -3.94. The molecule has 0 aliphatic rings. The molecule has 188 valence electrons. The molecule has 1 N–H and O–H groups in total. The van der Waals surface area contributed by atoms with E-state index in [0.29, 0.717) is 27.8 Å². The fourth-order valence-corrected chi connectivity index (χ4v) is 4.99. The molecule has 2 heterocycles. The summed E-state index contributed by atoms with van der Waals surface area (Å²) in [4.78, 5) is 4.40. The van der Waals surface area contributed by atoms with Crippen LogP contribution in [0.25, 0.3) is 33.2 Å². The first kappa shape index (κ1) is 24.2. The lowest BCUT2D eigenvalue weighted by molar-refractivity contribution is 0.411. The summed E-state index contributed by atoms with van der Waals surface area (Å²) in [5.74, 6) is -0.609. The van der Waals surface area contributed by atoms with Crippen LogP contribution in [0.1, 0.15) is 0 Å². The fraction of sp³-hybridized carbons (Fsp3) is 0.0769. The largest absolute Gasteiger partial charge is 0.497 e. The van der Waals surface area contributed by atoms with Gasteiger partial charge >= 0.3 is 0 Å². The number of rotatable bonds is 7. The summed E-state index contributed by atoms with van der Waals surface area (Å²) in [5, 5.41) is 4.68. The third-order valence-corrected chi connectivity index (χ3v) is 7.04. The maximum absolute atomic E-state index is 15.4. The van der Waals surface area contributed by atoms with Crippen LogP contribution >= 0.6 is 0 Å². The molecular formula is C26H19F2N3O5S. The van der Waals surface area contributed by atoms with Gasteiger partial charge in [0.1, 0.15) is 29.4 Å². The molecule has 0 radical (unpaired) electrons. The van der Waals surface area contributed by atoms with Gasteiger partial charge in [-0.05, 0) is 53.4 Å². The molecule has 0 atom stereocenters. The van der Waals surface area contributed by atoms with Gasteiger partial charge in [-0.25, -0.2) is 17.2 Å². The molecule has 0 saturated heterocycles. The first-order valence-corrected chi connectivity index (χ1v) is 12.3. The van der Waals surface area contributed by atoms with Crippen molar-refractivity contribution >= 4 is 26.6 Å². The van der Waals surface area contributed by atoms with E-state index >= 15 is 4.39 Å². The zero-order valence-corrected chi connectivity index (χ0v) is 20.3. The normalized spacial score (nSPS) is 11.5. The van der Waals surface area contributed by atoms with Crippen LogP contribution in [0, 0.1) is 11.6 Å². The number of aromatic nitrogens is 2. The summed E-state index contributed by atoms with van der Waals surface area (Å²) in [5.41, 5.74) is 1.12. The van der Waals surface area contributed by atoms with Crippen LogP contribution in [0.3, 0.4) is 0 Å². The number of halogens is 2.